The minimum absolute atomic E-state index is 0.0180. The molecule has 1 aromatic heterocycles. The predicted octanol–water partition coefficient (Wildman–Crippen LogP) is 4.08. The number of carbonyl (C=O) groups is 1. The lowest BCUT2D eigenvalue weighted by atomic mass is 10.1. The highest BCUT2D eigenvalue weighted by Gasteiger charge is 2.05. The van der Waals surface area contributed by atoms with Crippen LogP contribution in [0.4, 0.5) is 0 Å². The van der Waals surface area contributed by atoms with Gasteiger partial charge in [0, 0.05) is 35.3 Å². The van der Waals surface area contributed by atoms with E-state index in [-0.39, 0.29) is 5.78 Å². The molecule has 0 spiro atoms. The molecule has 0 unspecified atom stereocenters. The zero-order chi connectivity index (χ0) is 15.5. The summed E-state index contributed by atoms with van der Waals surface area (Å²) in [4.78, 5) is 12.2. The third kappa shape index (κ3) is 2.66. The van der Waals surface area contributed by atoms with Crippen molar-refractivity contribution in [3.63, 3.8) is 0 Å². The Hall–Kier alpha value is -2.81. The number of methoxy groups -OCH3 is 1. The van der Waals surface area contributed by atoms with Gasteiger partial charge < -0.3 is 9.30 Å². The number of hydrogen-bond acceptors (Lipinski definition) is 2. The minimum atomic E-state index is -0.0180. The van der Waals surface area contributed by atoms with Crippen molar-refractivity contribution in [1.29, 1.82) is 0 Å². The molecule has 0 saturated carbocycles. The highest BCUT2D eigenvalue weighted by atomic mass is 16.5. The molecule has 0 bridgehead atoms. The number of aromatic nitrogens is 1. The fourth-order valence-electron chi connectivity index (χ4n) is 2.52. The number of benzene rings is 2. The quantitative estimate of drug-likeness (QED) is 0.535. The van der Waals surface area contributed by atoms with E-state index in [1.807, 2.05) is 31.5 Å². The topological polar surface area (TPSA) is 31.2 Å². The van der Waals surface area contributed by atoms with Crippen molar-refractivity contribution in [3.05, 3.63) is 71.9 Å². The number of allylic oxidation sites excluding steroid dienone is 1. The Balaban J connectivity index is 1.87. The summed E-state index contributed by atoms with van der Waals surface area (Å²) in [6.07, 6.45) is 5.51. The molecule has 0 amide bonds. The SMILES string of the molecule is COc1ccc(C(=O)/C=C/c2cn(C)c3ccccc23)cc1. The van der Waals surface area contributed by atoms with Crippen molar-refractivity contribution < 1.29 is 9.53 Å². The summed E-state index contributed by atoms with van der Waals surface area (Å²) in [5, 5.41) is 1.14. The van der Waals surface area contributed by atoms with Gasteiger partial charge in [0.2, 0.25) is 0 Å². The van der Waals surface area contributed by atoms with Crippen molar-refractivity contribution in [3.8, 4) is 5.75 Å². The first-order chi connectivity index (χ1) is 10.7. The van der Waals surface area contributed by atoms with Crippen LogP contribution in [-0.4, -0.2) is 17.5 Å². The second-order valence-electron chi connectivity index (χ2n) is 5.14. The maximum Gasteiger partial charge on any atom is 0.185 e. The van der Waals surface area contributed by atoms with Gasteiger partial charge in [-0.3, -0.25) is 4.79 Å². The summed E-state index contributed by atoms with van der Waals surface area (Å²) in [6, 6.07) is 15.3. The zero-order valence-electron chi connectivity index (χ0n) is 12.6. The lowest BCUT2D eigenvalue weighted by Crippen LogP contribution is -1.94. The maximum absolute atomic E-state index is 12.2. The van der Waals surface area contributed by atoms with E-state index in [0.717, 1.165) is 22.2 Å². The molecule has 22 heavy (non-hydrogen) atoms. The molecule has 0 atom stereocenters. The van der Waals surface area contributed by atoms with Crippen LogP contribution in [0.5, 0.6) is 5.75 Å². The number of ketones is 1. The first kappa shape index (κ1) is 14.1. The molecule has 0 aliphatic heterocycles. The van der Waals surface area contributed by atoms with Gasteiger partial charge >= 0.3 is 0 Å². The number of ether oxygens (including phenoxy) is 1. The second kappa shape index (κ2) is 5.90. The lowest BCUT2D eigenvalue weighted by Gasteiger charge is -2.00. The number of hydrogen-bond donors (Lipinski definition) is 0. The number of para-hydroxylation sites is 1. The van der Waals surface area contributed by atoms with Crippen molar-refractivity contribution >= 4 is 22.8 Å². The van der Waals surface area contributed by atoms with E-state index in [0.29, 0.717) is 5.56 Å². The highest BCUT2D eigenvalue weighted by molar-refractivity contribution is 6.07. The van der Waals surface area contributed by atoms with E-state index >= 15 is 0 Å². The Bertz CT molecular complexity index is 842. The summed E-state index contributed by atoms with van der Waals surface area (Å²) in [7, 11) is 3.61. The van der Waals surface area contributed by atoms with E-state index < -0.39 is 0 Å². The molecule has 2 aromatic carbocycles. The van der Waals surface area contributed by atoms with Crippen LogP contribution in [0.25, 0.3) is 17.0 Å². The summed E-state index contributed by atoms with van der Waals surface area (Å²) in [5.74, 6) is 0.727. The molecule has 1 heterocycles. The van der Waals surface area contributed by atoms with Crippen molar-refractivity contribution in [2.45, 2.75) is 0 Å². The highest BCUT2D eigenvalue weighted by Crippen LogP contribution is 2.21. The van der Waals surface area contributed by atoms with E-state index in [2.05, 4.69) is 16.7 Å². The molecule has 3 aromatic rings. The monoisotopic (exact) mass is 291 g/mol. The first-order valence-electron chi connectivity index (χ1n) is 7.09. The van der Waals surface area contributed by atoms with E-state index in [1.165, 1.54) is 0 Å². The van der Waals surface area contributed by atoms with Gasteiger partial charge in [0.05, 0.1) is 7.11 Å². The minimum Gasteiger partial charge on any atom is -0.497 e. The molecule has 0 saturated heterocycles. The molecule has 0 aliphatic carbocycles. The van der Waals surface area contributed by atoms with Gasteiger partial charge in [-0.2, -0.15) is 0 Å². The molecular weight excluding hydrogens is 274 g/mol. The third-order valence-corrected chi connectivity index (χ3v) is 3.72. The maximum atomic E-state index is 12.2. The molecule has 3 nitrogen and oxygen atoms in total. The van der Waals surface area contributed by atoms with Gasteiger partial charge in [-0.25, -0.2) is 0 Å². The number of fused-ring (bicyclic) bond motifs is 1. The smallest absolute Gasteiger partial charge is 0.185 e. The summed E-state index contributed by atoms with van der Waals surface area (Å²) >= 11 is 0. The van der Waals surface area contributed by atoms with Crippen LogP contribution in [-0.2, 0) is 7.05 Å². The van der Waals surface area contributed by atoms with Crippen molar-refractivity contribution in [2.24, 2.45) is 7.05 Å². The van der Waals surface area contributed by atoms with E-state index in [4.69, 9.17) is 4.74 Å². The van der Waals surface area contributed by atoms with Crippen LogP contribution in [0.3, 0.4) is 0 Å². The third-order valence-electron chi connectivity index (χ3n) is 3.72. The van der Waals surface area contributed by atoms with E-state index in [9.17, 15) is 4.79 Å². The number of nitrogens with zero attached hydrogens (tertiary/aromatic N) is 1. The standard InChI is InChI=1S/C19H17NO2/c1-20-13-15(17-5-3-4-6-18(17)20)9-12-19(21)14-7-10-16(22-2)11-8-14/h3-13H,1-2H3/b12-9+. The summed E-state index contributed by atoms with van der Waals surface area (Å²) in [5.41, 5.74) is 2.84. The predicted molar refractivity (Wildman–Crippen MR) is 89.3 cm³/mol. The summed E-state index contributed by atoms with van der Waals surface area (Å²) < 4.78 is 7.16. The molecule has 110 valence electrons. The Morgan fingerprint density at radius 1 is 1.09 bits per heavy atom. The molecule has 3 rings (SSSR count). The molecular formula is C19H17NO2. The molecule has 3 heteroatoms. The van der Waals surface area contributed by atoms with Gasteiger partial charge in [0.1, 0.15) is 5.75 Å². The Labute approximate surface area is 129 Å². The Morgan fingerprint density at radius 2 is 1.82 bits per heavy atom. The average molecular weight is 291 g/mol. The normalized spacial score (nSPS) is 11.2. The van der Waals surface area contributed by atoms with Crippen LogP contribution in [0.15, 0.2) is 60.8 Å². The molecule has 0 radical (unpaired) electrons. The molecule has 0 N–H and O–H groups in total. The van der Waals surface area contributed by atoms with Crippen LogP contribution < -0.4 is 4.74 Å². The fourth-order valence-corrected chi connectivity index (χ4v) is 2.52. The van der Waals surface area contributed by atoms with Crippen LogP contribution in [0.1, 0.15) is 15.9 Å². The van der Waals surface area contributed by atoms with E-state index in [1.54, 1.807) is 37.5 Å². The number of rotatable bonds is 4. The van der Waals surface area contributed by atoms with Gasteiger partial charge in [0.25, 0.3) is 0 Å². The second-order valence-corrected chi connectivity index (χ2v) is 5.14. The van der Waals surface area contributed by atoms with Gasteiger partial charge in [-0.1, -0.05) is 18.2 Å². The Morgan fingerprint density at radius 3 is 2.55 bits per heavy atom. The van der Waals surface area contributed by atoms with Gasteiger partial charge in [-0.05, 0) is 42.5 Å². The zero-order valence-corrected chi connectivity index (χ0v) is 12.6. The first-order valence-corrected chi connectivity index (χ1v) is 7.09. The lowest BCUT2D eigenvalue weighted by molar-refractivity contribution is 0.104. The average Bonchev–Trinajstić information content (AvgIpc) is 2.89. The van der Waals surface area contributed by atoms with Crippen LogP contribution in [0.2, 0.25) is 0 Å². The Kier molecular flexibility index (Phi) is 3.79. The summed E-state index contributed by atoms with van der Waals surface area (Å²) in [6.45, 7) is 0. The van der Waals surface area contributed by atoms with Crippen molar-refractivity contribution in [2.75, 3.05) is 7.11 Å². The van der Waals surface area contributed by atoms with Gasteiger partial charge in [0.15, 0.2) is 5.78 Å². The van der Waals surface area contributed by atoms with Gasteiger partial charge in [-0.15, -0.1) is 0 Å². The van der Waals surface area contributed by atoms with Crippen LogP contribution >= 0.6 is 0 Å². The van der Waals surface area contributed by atoms with Crippen LogP contribution in [0, 0.1) is 0 Å². The molecule has 0 fully saturated rings. The fraction of sp³-hybridized carbons (Fsp3) is 0.105. The largest absolute Gasteiger partial charge is 0.497 e. The van der Waals surface area contributed by atoms with Crippen molar-refractivity contribution in [1.82, 2.24) is 4.57 Å². The number of carbonyl (C=O) groups excluding carboxylic acids is 1. The molecule has 0 aliphatic rings. The number of aryl methyl sites for hydroxylation is 1.